The zero-order valence-electron chi connectivity index (χ0n) is 35.0. The van der Waals surface area contributed by atoms with Crippen LogP contribution in [-0.2, 0) is 0 Å². The van der Waals surface area contributed by atoms with Gasteiger partial charge in [-0.1, -0.05) is 170 Å². The Morgan fingerprint density at radius 1 is 0.297 bits per heavy atom. The topological polar surface area (TPSA) is 34.6 Å². The SMILES string of the molecule is C1=C(c2cn3ccccc3n2)CCC(c2c3ccccc3c(-c3c4ccccc4c(-c4ccc(-c5cn6cc(-c7ccccc7)ccc6n5)cc4)c4ccccc34)c3ccccc23)=C1. The van der Waals surface area contributed by atoms with Gasteiger partial charge in [0.2, 0.25) is 0 Å². The number of rotatable bonds is 6. The summed E-state index contributed by atoms with van der Waals surface area (Å²) in [5.41, 5.74) is 16.3. The molecular formula is C60H40N4. The fraction of sp³-hybridized carbons (Fsp3) is 0.0333. The molecule has 4 nitrogen and oxygen atoms in total. The maximum absolute atomic E-state index is 5.03. The number of allylic oxidation sites excluding steroid dienone is 4. The van der Waals surface area contributed by atoms with Gasteiger partial charge in [0.05, 0.1) is 11.4 Å². The quantitative estimate of drug-likeness (QED) is 0.157. The van der Waals surface area contributed by atoms with E-state index in [1.54, 1.807) is 0 Å². The van der Waals surface area contributed by atoms with Gasteiger partial charge in [-0.15, -0.1) is 0 Å². The molecule has 300 valence electrons. The van der Waals surface area contributed by atoms with Crippen LogP contribution < -0.4 is 0 Å². The molecule has 0 N–H and O–H groups in total. The Kier molecular flexibility index (Phi) is 8.31. The molecule has 0 amide bonds. The highest BCUT2D eigenvalue weighted by Crippen LogP contribution is 2.50. The third-order valence-electron chi connectivity index (χ3n) is 13.3. The molecule has 4 aromatic heterocycles. The lowest BCUT2D eigenvalue weighted by Gasteiger charge is -2.23. The van der Waals surface area contributed by atoms with Crippen molar-refractivity contribution < 1.29 is 0 Å². The van der Waals surface area contributed by atoms with E-state index in [0.29, 0.717) is 0 Å². The highest BCUT2D eigenvalue weighted by molar-refractivity contribution is 6.29. The molecule has 64 heavy (non-hydrogen) atoms. The van der Waals surface area contributed by atoms with E-state index in [1.165, 1.54) is 93.2 Å². The molecule has 1 aliphatic rings. The van der Waals surface area contributed by atoms with E-state index in [0.717, 1.165) is 41.1 Å². The molecule has 4 heteroatoms. The van der Waals surface area contributed by atoms with E-state index in [2.05, 4.69) is 222 Å². The van der Waals surface area contributed by atoms with Gasteiger partial charge in [0, 0.05) is 30.4 Å². The van der Waals surface area contributed by atoms with Crippen LogP contribution in [0.15, 0.2) is 219 Å². The number of aromatic nitrogens is 4. The number of pyridine rings is 2. The molecule has 13 rings (SSSR count). The Balaban J connectivity index is 0.959. The van der Waals surface area contributed by atoms with Gasteiger partial charge in [-0.05, 0) is 130 Å². The van der Waals surface area contributed by atoms with E-state index in [1.807, 2.05) is 6.07 Å². The number of hydrogen-bond donors (Lipinski definition) is 0. The van der Waals surface area contributed by atoms with E-state index in [9.17, 15) is 0 Å². The third kappa shape index (κ3) is 5.84. The maximum atomic E-state index is 5.03. The fourth-order valence-corrected chi connectivity index (χ4v) is 10.3. The summed E-state index contributed by atoms with van der Waals surface area (Å²) in [6, 6.07) is 66.0. The van der Waals surface area contributed by atoms with Gasteiger partial charge in [-0.25, -0.2) is 9.97 Å². The zero-order chi connectivity index (χ0) is 42.1. The van der Waals surface area contributed by atoms with Gasteiger partial charge in [0.25, 0.3) is 0 Å². The second kappa shape index (κ2) is 14.6. The molecule has 1 aliphatic carbocycles. The Bertz CT molecular complexity index is 3740. The molecule has 0 saturated heterocycles. The monoisotopic (exact) mass is 816 g/mol. The second-order valence-corrected chi connectivity index (χ2v) is 16.9. The second-order valence-electron chi connectivity index (χ2n) is 16.9. The van der Waals surface area contributed by atoms with E-state index < -0.39 is 0 Å². The normalized spacial score (nSPS) is 13.1. The molecule has 4 heterocycles. The van der Waals surface area contributed by atoms with Crippen LogP contribution in [0, 0.1) is 0 Å². The maximum Gasteiger partial charge on any atom is 0.137 e. The van der Waals surface area contributed by atoms with Gasteiger partial charge in [-0.3, -0.25) is 0 Å². The average Bonchev–Trinajstić information content (AvgIpc) is 4.01. The van der Waals surface area contributed by atoms with Crippen molar-refractivity contribution >= 4 is 65.5 Å². The minimum absolute atomic E-state index is 0.931. The predicted molar refractivity (Wildman–Crippen MR) is 267 cm³/mol. The van der Waals surface area contributed by atoms with Gasteiger partial charge in [-0.2, -0.15) is 0 Å². The first-order valence-electron chi connectivity index (χ1n) is 22.1. The van der Waals surface area contributed by atoms with Crippen molar-refractivity contribution in [2.45, 2.75) is 12.8 Å². The van der Waals surface area contributed by atoms with Crippen LogP contribution in [-0.4, -0.2) is 18.8 Å². The summed E-state index contributed by atoms with van der Waals surface area (Å²) < 4.78 is 4.24. The van der Waals surface area contributed by atoms with E-state index >= 15 is 0 Å². The lowest BCUT2D eigenvalue weighted by Crippen LogP contribution is -1.98. The van der Waals surface area contributed by atoms with Gasteiger partial charge in [0.15, 0.2) is 0 Å². The molecule has 8 aromatic carbocycles. The number of hydrogen-bond acceptors (Lipinski definition) is 2. The average molecular weight is 817 g/mol. The molecule has 0 saturated carbocycles. The standard InChI is InChI=1S/C60H40N4/c1-2-14-39(15-3-1)44-33-34-56-62-54(38-64(56)36-44)41-27-31-43(32-28-41)58-47-18-6-10-22-51(47)60(52-23-11-7-19-48(52)58)59-49-20-8-4-16-45(49)57(46-17-5-9-21-50(46)59)42-29-25-40(26-30-42)53-37-63-35-13-12-24-55(63)61-53/h1-25,27-29,31-38H,26,30H2. The minimum Gasteiger partial charge on any atom is -0.306 e. The summed E-state index contributed by atoms with van der Waals surface area (Å²) in [7, 11) is 0. The number of imidazole rings is 2. The minimum atomic E-state index is 0.931. The van der Waals surface area contributed by atoms with Crippen molar-refractivity contribution in [2.24, 2.45) is 0 Å². The molecule has 12 aromatic rings. The van der Waals surface area contributed by atoms with Crippen LogP contribution in [0.4, 0.5) is 0 Å². The Morgan fingerprint density at radius 3 is 1.33 bits per heavy atom. The summed E-state index contributed by atoms with van der Waals surface area (Å²) in [6.45, 7) is 0. The number of fused-ring (bicyclic) bond motifs is 6. The van der Waals surface area contributed by atoms with E-state index in [-0.39, 0.29) is 0 Å². The van der Waals surface area contributed by atoms with Crippen LogP contribution in [0.5, 0.6) is 0 Å². The first kappa shape index (κ1) is 36.3. The molecule has 0 aliphatic heterocycles. The predicted octanol–water partition coefficient (Wildman–Crippen LogP) is 15.5. The van der Waals surface area contributed by atoms with Crippen molar-refractivity contribution in [1.82, 2.24) is 18.8 Å². The summed E-state index contributed by atoms with van der Waals surface area (Å²) in [5.74, 6) is 0. The van der Waals surface area contributed by atoms with Gasteiger partial charge >= 0.3 is 0 Å². The molecule has 0 spiro atoms. The Labute approximate surface area is 370 Å². The lowest BCUT2D eigenvalue weighted by molar-refractivity contribution is 1.06. The molecule has 0 fully saturated rings. The van der Waals surface area contributed by atoms with Crippen molar-refractivity contribution in [3.05, 3.63) is 230 Å². The molecule has 0 atom stereocenters. The van der Waals surface area contributed by atoms with Crippen molar-refractivity contribution in [1.29, 1.82) is 0 Å². The zero-order valence-corrected chi connectivity index (χ0v) is 35.0. The molecule has 0 unspecified atom stereocenters. The van der Waals surface area contributed by atoms with Crippen molar-refractivity contribution in [3.63, 3.8) is 0 Å². The highest BCUT2D eigenvalue weighted by atomic mass is 15.0. The van der Waals surface area contributed by atoms with Crippen molar-refractivity contribution in [2.75, 3.05) is 0 Å². The van der Waals surface area contributed by atoms with Crippen LogP contribution in [0.1, 0.15) is 24.1 Å². The van der Waals surface area contributed by atoms with Crippen molar-refractivity contribution in [3.8, 4) is 44.6 Å². The molecule has 0 bridgehead atoms. The Morgan fingerprint density at radius 2 is 0.750 bits per heavy atom. The lowest BCUT2D eigenvalue weighted by atomic mass is 9.80. The number of nitrogens with zero attached hydrogens (tertiary/aromatic N) is 4. The first-order chi connectivity index (χ1) is 31.7. The summed E-state index contributed by atoms with van der Waals surface area (Å²) in [4.78, 5) is 9.98. The van der Waals surface area contributed by atoms with Crippen LogP contribution in [0.3, 0.4) is 0 Å². The third-order valence-corrected chi connectivity index (χ3v) is 13.3. The Hall–Kier alpha value is -8.34. The summed E-state index contributed by atoms with van der Waals surface area (Å²) in [5, 5.41) is 10.1. The number of benzene rings is 8. The highest BCUT2D eigenvalue weighted by Gasteiger charge is 2.24. The van der Waals surface area contributed by atoms with E-state index in [4.69, 9.17) is 9.97 Å². The molecular weight excluding hydrogens is 777 g/mol. The largest absolute Gasteiger partial charge is 0.306 e. The van der Waals surface area contributed by atoms with Crippen LogP contribution in [0.25, 0.3) is 110 Å². The van der Waals surface area contributed by atoms with Gasteiger partial charge in [0.1, 0.15) is 11.3 Å². The van der Waals surface area contributed by atoms with Crippen LogP contribution in [0.2, 0.25) is 0 Å². The first-order valence-corrected chi connectivity index (χ1v) is 22.1. The van der Waals surface area contributed by atoms with Gasteiger partial charge < -0.3 is 8.80 Å². The van der Waals surface area contributed by atoms with Crippen LogP contribution >= 0.6 is 0 Å². The smallest absolute Gasteiger partial charge is 0.137 e. The molecule has 0 radical (unpaired) electrons. The summed E-state index contributed by atoms with van der Waals surface area (Å²) >= 11 is 0. The summed E-state index contributed by atoms with van der Waals surface area (Å²) in [6.07, 6.45) is 15.0. The fourth-order valence-electron chi connectivity index (χ4n) is 10.3.